The van der Waals surface area contributed by atoms with Crippen molar-refractivity contribution < 1.29 is 19.0 Å². The molecule has 1 amide bonds. The first-order chi connectivity index (χ1) is 17.0. The zero-order chi connectivity index (χ0) is 24.5. The van der Waals surface area contributed by atoms with E-state index < -0.39 is 11.5 Å². The van der Waals surface area contributed by atoms with Crippen LogP contribution in [0.5, 0.6) is 11.5 Å². The molecule has 0 saturated carbocycles. The van der Waals surface area contributed by atoms with Gasteiger partial charge in [-0.1, -0.05) is 29.8 Å². The predicted octanol–water partition coefficient (Wildman–Crippen LogP) is 3.73. The molecule has 2 saturated heterocycles. The number of amides is 1. The lowest BCUT2D eigenvalue weighted by atomic mass is 9.97. The standard InChI is InChI=1S/C27H36ClN3O4/c28-23-7-4-9-25(17-23)34-21-27(18-26(29)32)20-31(13-15-35-27)19-22-6-3-8-24(16-22)33-14-5-12-30-10-1-2-11-30/h3-4,6-9,16-17H,1-2,5,10-15,18-21H2,(H2,29,32)/t27-/m0/s1. The highest BCUT2D eigenvalue weighted by molar-refractivity contribution is 6.30. The summed E-state index contributed by atoms with van der Waals surface area (Å²) in [6.45, 7) is 7.01. The summed E-state index contributed by atoms with van der Waals surface area (Å²) in [4.78, 5) is 16.7. The first-order valence-corrected chi connectivity index (χ1v) is 12.8. The highest BCUT2D eigenvalue weighted by Gasteiger charge is 2.39. The van der Waals surface area contributed by atoms with Crippen LogP contribution in [0.25, 0.3) is 0 Å². The molecule has 2 aliphatic rings. The highest BCUT2D eigenvalue weighted by Crippen LogP contribution is 2.27. The molecule has 0 aromatic heterocycles. The molecule has 0 unspecified atom stereocenters. The van der Waals surface area contributed by atoms with Crippen LogP contribution in [0.15, 0.2) is 48.5 Å². The van der Waals surface area contributed by atoms with Crippen LogP contribution in [0, 0.1) is 0 Å². The minimum absolute atomic E-state index is 0.0875. The average Bonchev–Trinajstić information content (AvgIpc) is 3.34. The maximum Gasteiger partial charge on any atom is 0.220 e. The predicted molar refractivity (Wildman–Crippen MR) is 137 cm³/mol. The number of ether oxygens (including phenoxy) is 3. The Bertz CT molecular complexity index is 969. The molecule has 2 N–H and O–H groups in total. The molecular weight excluding hydrogens is 466 g/mol. The van der Waals surface area contributed by atoms with E-state index in [1.165, 1.54) is 25.9 Å². The average molecular weight is 502 g/mol. The van der Waals surface area contributed by atoms with E-state index in [-0.39, 0.29) is 13.0 Å². The number of likely N-dealkylation sites (tertiary alicyclic amines) is 1. The van der Waals surface area contributed by atoms with Gasteiger partial charge in [-0.2, -0.15) is 0 Å². The molecule has 0 radical (unpaired) electrons. The van der Waals surface area contributed by atoms with Crippen molar-refractivity contribution in [2.75, 3.05) is 52.5 Å². The molecule has 2 aromatic carbocycles. The van der Waals surface area contributed by atoms with E-state index >= 15 is 0 Å². The Morgan fingerprint density at radius 3 is 2.57 bits per heavy atom. The van der Waals surface area contributed by atoms with Gasteiger partial charge in [-0.05, 0) is 68.2 Å². The second-order valence-corrected chi connectivity index (χ2v) is 9.97. The van der Waals surface area contributed by atoms with Gasteiger partial charge in [0, 0.05) is 31.2 Å². The minimum atomic E-state index is -0.809. The fourth-order valence-electron chi connectivity index (χ4n) is 4.87. The Hall–Kier alpha value is -2.32. The number of hydrogen-bond acceptors (Lipinski definition) is 6. The lowest BCUT2D eigenvalue weighted by Crippen LogP contribution is -2.56. The largest absolute Gasteiger partial charge is 0.494 e. The number of nitrogens with zero attached hydrogens (tertiary/aromatic N) is 2. The van der Waals surface area contributed by atoms with E-state index in [4.69, 9.17) is 31.5 Å². The molecular formula is C27H36ClN3O4. The third kappa shape index (κ3) is 8.10. The van der Waals surface area contributed by atoms with Crippen molar-refractivity contribution in [2.24, 2.45) is 5.73 Å². The van der Waals surface area contributed by atoms with Gasteiger partial charge in [0.1, 0.15) is 23.7 Å². The fraction of sp³-hybridized carbons (Fsp3) is 0.519. The van der Waals surface area contributed by atoms with Crippen LogP contribution in [-0.2, 0) is 16.1 Å². The molecule has 0 bridgehead atoms. The smallest absolute Gasteiger partial charge is 0.220 e. The zero-order valence-electron chi connectivity index (χ0n) is 20.3. The van der Waals surface area contributed by atoms with Crippen LogP contribution in [0.4, 0.5) is 0 Å². The quantitative estimate of drug-likeness (QED) is 0.446. The number of halogens is 1. The van der Waals surface area contributed by atoms with Gasteiger partial charge in [-0.3, -0.25) is 9.69 Å². The monoisotopic (exact) mass is 501 g/mol. The summed E-state index contributed by atoms with van der Waals surface area (Å²) < 4.78 is 18.1. The molecule has 7 nitrogen and oxygen atoms in total. The molecule has 190 valence electrons. The third-order valence-electron chi connectivity index (χ3n) is 6.51. The Morgan fingerprint density at radius 2 is 1.80 bits per heavy atom. The van der Waals surface area contributed by atoms with E-state index in [0.717, 1.165) is 44.0 Å². The number of carbonyl (C=O) groups is 1. The number of morpholine rings is 1. The number of primary amides is 1. The van der Waals surface area contributed by atoms with Crippen molar-refractivity contribution in [1.29, 1.82) is 0 Å². The summed E-state index contributed by atoms with van der Waals surface area (Å²) in [6.07, 6.45) is 3.76. The van der Waals surface area contributed by atoms with Gasteiger partial charge >= 0.3 is 0 Å². The molecule has 0 aliphatic carbocycles. The molecule has 2 heterocycles. The molecule has 8 heteroatoms. The van der Waals surface area contributed by atoms with Gasteiger partial charge in [0.25, 0.3) is 0 Å². The van der Waals surface area contributed by atoms with Gasteiger partial charge in [-0.25, -0.2) is 0 Å². The molecule has 2 fully saturated rings. The van der Waals surface area contributed by atoms with Crippen molar-refractivity contribution >= 4 is 17.5 Å². The van der Waals surface area contributed by atoms with Gasteiger partial charge in [-0.15, -0.1) is 0 Å². The SMILES string of the molecule is NC(=O)C[C@@]1(COc2cccc(Cl)c2)CN(Cc2cccc(OCCCN3CCCC3)c2)CCO1. The summed E-state index contributed by atoms with van der Waals surface area (Å²) in [5, 5.41) is 0.593. The van der Waals surface area contributed by atoms with E-state index in [1.54, 1.807) is 12.1 Å². The van der Waals surface area contributed by atoms with Crippen LogP contribution >= 0.6 is 11.6 Å². The van der Waals surface area contributed by atoms with E-state index in [2.05, 4.69) is 21.9 Å². The molecule has 0 spiro atoms. The van der Waals surface area contributed by atoms with E-state index in [0.29, 0.717) is 23.9 Å². The first kappa shape index (κ1) is 25.8. The normalized spacial score (nSPS) is 21.2. The molecule has 35 heavy (non-hydrogen) atoms. The van der Waals surface area contributed by atoms with Crippen LogP contribution in [0.2, 0.25) is 5.02 Å². The lowest BCUT2D eigenvalue weighted by Gasteiger charge is -2.42. The van der Waals surface area contributed by atoms with Crippen LogP contribution < -0.4 is 15.2 Å². The number of carbonyl (C=O) groups excluding carboxylic acids is 1. The second-order valence-electron chi connectivity index (χ2n) is 9.53. The lowest BCUT2D eigenvalue weighted by molar-refractivity contribution is -0.148. The van der Waals surface area contributed by atoms with Crippen molar-refractivity contribution in [2.45, 2.75) is 37.8 Å². The molecule has 1 atom stereocenters. The summed E-state index contributed by atoms with van der Waals surface area (Å²) in [5.74, 6) is 1.12. The van der Waals surface area contributed by atoms with Gasteiger partial charge in [0.2, 0.25) is 5.91 Å². The first-order valence-electron chi connectivity index (χ1n) is 12.5. The Balaban J connectivity index is 1.32. The van der Waals surface area contributed by atoms with E-state index in [1.807, 2.05) is 24.3 Å². The van der Waals surface area contributed by atoms with Crippen molar-refractivity contribution in [3.63, 3.8) is 0 Å². The Kier molecular flexibility index (Phi) is 9.26. The van der Waals surface area contributed by atoms with Crippen molar-refractivity contribution in [1.82, 2.24) is 9.80 Å². The summed E-state index contributed by atoms with van der Waals surface area (Å²) >= 11 is 6.08. The summed E-state index contributed by atoms with van der Waals surface area (Å²) in [6, 6.07) is 15.4. The molecule has 2 aromatic rings. The van der Waals surface area contributed by atoms with E-state index in [9.17, 15) is 4.79 Å². The number of hydrogen-bond donors (Lipinski definition) is 1. The maximum atomic E-state index is 11.9. The number of nitrogens with two attached hydrogens (primary N) is 1. The Morgan fingerprint density at radius 1 is 1.03 bits per heavy atom. The van der Waals surface area contributed by atoms with Gasteiger partial charge in [0.05, 0.1) is 19.6 Å². The van der Waals surface area contributed by atoms with Gasteiger partial charge in [0.15, 0.2) is 0 Å². The summed E-state index contributed by atoms with van der Waals surface area (Å²) in [5.41, 5.74) is 5.93. The van der Waals surface area contributed by atoms with Crippen LogP contribution in [-0.4, -0.2) is 73.9 Å². The maximum absolute atomic E-state index is 11.9. The summed E-state index contributed by atoms with van der Waals surface area (Å²) in [7, 11) is 0. The second kappa shape index (κ2) is 12.6. The highest BCUT2D eigenvalue weighted by atomic mass is 35.5. The number of rotatable bonds is 12. The fourth-order valence-corrected chi connectivity index (χ4v) is 5.05. The van der Waals surface area contributed by atoms with Crippen LogP contribution in [0.1, 0.15) is 31.2 Å². The third-order valence-corrected chi connectivity index (χ3v) is 6.75. The minimum Gasteiger partial charge on any atom is -0.494 e. The van der Waals surface area contributed by atoms with Crippen molar-refractivity contribution in [3.05, 3.63) is 59.1 Å². The van der Waals surface area contributed by atoms with Gasteiger partial charge < -0.3 is 24.8 Å². The Labute approximate surface area is 213 Å². The molecule has 4 rings (SSSR count). The molecule has 2 aliphatic heterocycles. The van der Waals surface area contributed by atoms with Crippen molar-refractivity contribution in [3.8, 4) is 11.5 Å². The topological polar surface area (TPSA) is 77.3 Å². The zero-order valence-corrected chi connectivity index (χ0v) is 21.0. The number of benzene rings is 2. The van der Waals surface area contributed by atoms with Crippen LogP contribution in [0.3, 0.4) is 0 Å².